The third-order valence-corrected chi connectivity index (χ3v) is 4.33. The molecule has 0 unspecified atom stereocenters. The average molecular weight is 517 g/mol. The molecule has 0 saturated carbocycles. The van der Waals surface area contributed by atoms with Crippen molar-refractivity contribution in [1.82, 2.24) is 0 Å². The Labute approximate surface area is 185 Å². The van der Waals surface area contributed by atoms with Gasteiger partial charge in [0.05, 0.1) is 18.7 Å². The van der Waals surface area contributed by atoms with E-state index in [1.165, 1.54) is 0 Å². The van der Waals surface area contributed by atoms with Crippen molar-refractivity contribution in [3.63, 3.8) is 0 Å². The molecule has 1 aliphatic rings. The lowest BCUT2D eigenvalue weighted by molar-refractivity contribution is -0.116. The second-order valence-electron chi connectivity index (χ2n) is 5.96. The second-order valence-corrected chi connectivity index (χ2v) is 6.36. The fraction of sp³-hybridized carbons (Fsp3) is 0.263. The van der Waals surface area contributed by atoms with Gasteiger partial charge in [-0.1, -0.05) is 11.6 Å². The molecule has 28 heavy (non-hydrogen) atoms. The molecular weight excluding hydrogens is 495 g/mol. The standard InChI is InChI=1S/C19H21ClN4O3.HI/c1-26-17-6-3-13(11-15(17)20)23-19(21)22-8-9-27-14-4-5-16-12(10-14)2-7-18(25)24-16;/h3-6,10-11H,2,7-9H2,1H3,(H,24,25)(H3,21,22,23);1H. The summed E-state index contributed by atoms with van der Waals surface area (Å²) in [6, 6.07) is 10.9. The van der Waals surface area contributed by atoms with E-state index in [1.807, 2.05) is 18.2 Å². The number of hydrogen-bond donors (Lipinski definition) is 3. The maximum Gasteiger partial charge on any atom is 0.224 e. The summed E-state index contributed by atoms with van der Waals surface area (Å²) in [5.74, 6) is 1.66. The molecule has 0 aromatic heterocycles. The minimum atomic E-state index is 0. The van der Waals surface area contributed by atoms with Crippen LogP contribution in [0.25, 0.3) is 0 Å². The van der Waals surface area contributed by atoms with Gasteiger partial charge in [0.25, 0.3) is 0 Å². The highest BCUT2D eigenvalue weighted by Crippen LogP contribution is 2.27. The molecule has 0 aliphatic carbocycles. The molecule has 4 N–H and O–H groups in total. The van der Waals surface area contributed by atoms with Crippen molar-refractivity contribution in [1.29, 1.82) is 0 Å². The Hall–Kier alpha value is -2.20. The van der Waals surface area contributed by atoms with Crippen molar-refractivity contribution in [2.75, 3.05) is 30.9 Å². The van der Waals surface area contributed by atoms with E-state index in [9.17, 15) is 4.79 Å². The fourth-order valence-corrected chi connectivity index (χ4v) is 2.97. The lowest BCUT2D eigenvalue weighted by atomic mass is 10.0. The Balaban J connectivity index is 0.00000280. The monoisotopic (exact) mass is 516 g/mol. The maximum absolute atomic E-state index is 11.4. The molecule has 2 aromatic rings. The number of aliphatic imine (C=N–C) groups is 1. The molecule has 150 valence electrons. The number of carbonyl (C=O) groups excluding carboxylic acids is 1. The molecule has 0 bridgehead atoms. The highest BCUT2D eigenvalue weighted by molar-refractivity contribution is 14.0. The van der Waals surface area contributed by atoms with Gasteiger partial charge >= 0.3 is 0 Å². The normalized spacial score (nSPS) is 13.1. The van der Waals surface area contributed by atoms with Crippen LogP contribution in [0.1, 0.15) is 12.0 Å². The smallest absolute Gasteiger partial charge is 0.224 e. The van der Waals surface area contributed by atoms with E-state index in [0.717, 1.165) is 29.1 Å². The predicted octanol–water partition coefficient (Wildman–Crippen LogP) is 3.66. The minimum Gasteiger partial charge on any atom is -0.495 e. The van der Waals surface area contributed by atoms with Gasteiger partial charge in [-0.2, -0.15) is 0 Å². The quantitative estimate of drug-likeness (QED) is 0.236. The van der Waals surface area contributed by atoms with Gasteiger partial charge in [0.2, 0.25) is 5.91 Å². The number of hydrogen-bond acceptors (Lipinski definition) is 4. The molecule has 0 spiro atoms. The van der Waals surface area contributed by atoms with E-state index < -0.39 is 0 Å². The van der Waals surface area contributed by atoms with Gasteiger partial charge in [-0.25, -0.2) is 4.99 Å². The molecule has 2 aromatic carbocycles. The van der Waals surface area contributed by atoms with Crippen LogP contribution < -0.4 is 25.8 Å². The van der Waals surface area contributed by atoms with E-state index in [1.54, 1.807) is 25.3 Å². The number of nitrogens with one attached hydrogen (secondary N) is 2. The molecular formula is C19H22ClIN4O3. The Morgan fingerprint density at radius 3 is 2.86 bits per heavy atom. The number of amides is 1. The SMILES string of the molecule is COc1ccc(NC(N)=NCCOc2ccc3c(c2)CCC(=O)N3)cc1Cl.I. The van der Waals surface area contributed by atoms with Crippen LogP contribution in [-0.4, -0.2) is 32.1 Å². The van der Waals surface area contributed by atoms with E-state index >= 15 is 0 Å². The maximum atomic E-state index is 11.4. The highest BCUT2D eigenvalue weighted by atomic mass is 127. The molecule has 0 fully saturated rings. The Morgan fingerprint density at radius 1 is 1.29 bits per heavy atom. The molecule has 7 nitrogen and oxygen atoms in total. The van der Waals surface area contributed by atoms with Gasteiger partial charge in [0, 0.05) is 17.8 Å². The summed E-state index contributed by atoms with van der Waals surface area (Å²) in [5, 5.41) is 6.30. The van der Waals surface area contributed by atoms with Crippen LogP contribution in [0.4, 0.5) is 11.4 Å². The largest absolute Gasteiger partial charge is 0.495 e. The first-order chi connectivity index (χ1) is 13.0. The third-order valence-electron chi connectivity index (χ3n) is 4.04. The molecule has 3 rings (SSSR count). The Morgan fingerprint density at radius 2 is 2.11 bits per heavy atom. The molecule has 1 heterocycles. The van der Waals surface area contributed by atoms with Crippen molar-refractivity contribution >= 4 is 58.8 Å². The Kier molecular flexibility index (Phi) is 8.18. The molecule has 0 saturated heterocycles. The van der Waals surface area contributed by atoms with Crippen LogP contribution in [-0.2, 0) is 11.2 Å². The highest BCUT2D eigenvalue weighted by Gasteiger charge is 2.14. The molecule has 1 aliphatic heterocycles. The first-order valence-corrected chi connectivity index (χ1v) is 8.89. The van der Waals surface area contributed by atoms with Crippen molar-refractivity contribution in [2.45, 2.75) is 12.8 Å². The second kappa shape index (κ2) is 10.4. The summed E-state index contributed by atoms with van der Waals surface area (Å²) in [4.78, 5) is 15.6. The van der Waals surface area contributed by atoms with Crippen LogP contribution in [0.3, 0.4) is 0 Å². The van der Waals surface area contributed by atoms with Crippen molar-refractivity contribution in [3.8, 4) is 11.5 Å². The van der Waals surface area contributed by atoms with Crippen LogP contribution in [0.5, 0.6) is 11.5 Å². The number of methoxy groups -OCH3 is 1. The molecule has 0 radical (unpaired) electrons. The number of aryl methyl sites for hydroxylation is 1. The molecule has 1 amide bonds. The zero-order valence-electron chi connectivity index (χ0n) is 15.3. The van der Waals surface area contributed by atoms with Crippen molar-refractivity contribution in [2.24, 2.45) is 10.7 Å². The number of benzene rings is 2. The number of rotatable bonds is 6. The van der Waals surface area contributed by atoms with E-state index in [-0.39, 0.29) is 35.8 Å². The number of carbonyl (C=O) groups is 1. The number of nitrogens with two attached hydrogens (primary N) is 1. The van der Waals surface area contributed by atoms with Gasteiger partial charge in [0.1, 0.15) is 18.1 Å². The predicted molar refractivity (Wildman–Crippen MR) is 122 cm³/mol. The van der Waals surface area contributed by atoms with Crippen molar-refractivity contribution in [3.05, 3.63) is 47.0 Å². The van der Waals surface area contributed by atoms with Gasteiger partial charge in [-0.05, 0) is 48.4 Å². The number of nitrogens with zero attached hydrogens (tertiary/aromatic N) is 1. The Bertz CT molecular complexity index is 876. The summed E-state index contributed by atoms with van der Waals surface area (Å²) in [5.41, 5.74) is 8.53. The van der Waals surface area contributed by atoms with Gasteiger partial charge in [-0.3, -0.25) is 4.79 Å². The summed E-state index contributed by atoms with van der Waals surface area (Å²) >= 11 is 6.08. The van der Waals surface area contributed by atoms with Gasteiger partial charge in [-0.15, -0.1) is 24.0 Å². The van der Waals surface area contributed by atoms with Crippen LogP contribution >= 0.6 is 35.6 Å². The minimum absolute atomic E-state index is 0. The first-order valence-electron chi connectivity index (χ1n) is 8.51. The summed E-state index contributed by atoms with van der Waals surface area (Å²) in [6.45, 7) is 0.785. The average Bonchev–Trinajstić information content (AvgIpc) is 2.65. The number of anilines is 2. The third kappa shape index (κ3) is 5.90. The van der Waals surface area contributed by atoms with Crippen molar-refractivity contribution < 1.29 is 14.3 Å². The van der Waals surface area contributed by atoms with Crippen LogP contribution in [0, 0.1) is 0 Å². The number of ether oxygens (including phenoxy) is 2. The summed E-state index contributed by atoms with van der Waals surface area (Å²) in [7, 11) is 1.56. The van der Waals surface area contributed by atoms with E-state index in [2.05, 4.69) is 15.6 Å². The van der Waals surface area contributed by atoms with Crippen LogP contribution in [0.2, 0.25) is 5.02 Å². The molecule has 9 heteroatoms. The topological polar surface area (TPSA) is 98.0 Å². The number of halogens is 2. The zero-order chi connectivity index (χ0) is 19.2. The van der Waals surface area contributed by atoms with E-state index in [0.29, 0.717) is 30.3 Å². The van der Waals surface area contributed by atoms with Crippen LogP contribution in [0.15, 0.2) is 41.4 Å². The summed E-state index contributed by atoms with van der Waals surface area (Å²) in [6.07, 6.45) is 1.22. The van der Waals surface area contributed by atoms with Gasteiger partial charge in [0.15, 0.2) is 5.96 Å². The first kappa shape index (κ1) is 22.1. The number of fused-ring (bicyclic) bond motifs is 1. The summed E-state index contributed by atoms with van der Waals surface area (Å²) < 4.78 is 10.8. The lowest BCUT2D eigenvalue weighted by Gasteiger charge is -2.17. The van der Waals surface area contributed by atoms with Gasteiger partial charge < -0.3 is 25.8 Å². The zero-order valence-corrected chi connectivity index (χ0v) is 18.4. The van der Waals surface area contributed by atoms with E-state index in [4.69, 9.17) is 26.8 Å². The number of guanidine groups is 1. The fourth-order valence-electron chi connectivity index (χ4n) is 2.71. The lowest BCUT2D eigenvalue weighted by Crippen LogP contribution is -2.23. The molecule has 0 atom stereocenters.